The highest BCUT2D eigenvalue weighted by Gasteiger charge is 2.36. The quantitative estimate of drug-likeness (QED) is 0.804. The Morgan fingerprint density at radius 2 is 2.06 bits per heavy atom. The van der Waals surface area contributed by atoms with Crippen LogP contribution in [0.1, 0.15) is 24.9 Å². The normalized spacial score (nSPS) is 23.7. The zero-order valence-electron chi connectivity index (χ0n) is 10.9. The summed E-state index contributed by atoms with van der Waals surface area (Å²) in [5, 5.41) is 3.33. The Labute approximate surface area is 108 Å². The van der Waals surface area contributed by atoms with Crippen molar-refractivity contribution >= 4 is 5.91 Å². The number of benzene rings is 1. The van der Waals surface area contributed by atoms with Gasteiger partial charge in [-0.1, -0.05) is 30.3 Å². The van der Waals surface area contributed by atoms with Crippen molar-refractivity contribution in [3.8, 4) is 0 Å². The standard InChI is InChI=1S/C14H20N2O2/c1-11-15-13(12-7-4-3-5-8-12)14(17)16(11)9-6-10-18-2/h3-5,7-8,11,13,15H,6,9-10H2,1-2H3. The number of nitrogens with one attached hydrogen (secondary N) is 1. The van der Waals surface area contributed by atoms with Gasteiger partial charge >= 0.3 is 0 Å². The molecule has 1 heterocycles. The predicted octanol–water partition coefficient (Wildman–Crippen LogP) is 1.54. The molecule has 1 amide bonds. The van der Waals surface area contributed by atoms with Crippen LogP contribution in [0.3, 0.4) is 0 Å². The lowest BCUT2D eigenvalue weighted by molar-refractivity contribution is -0.130. The van der Waals surface area contributed by atoms with Gasteiger partial charge in [0.2, 0.25) is 5.91 Å². The Kier molecular flexibility index (Phi) is 4.33. The second-order valence-corrected chi connectivity index (χ2v) is 4.56. The zero-order valence-corrected chi connectivity index (χ0v) is 10.9. The van der Waals surface area contributed by atoms with Crippen LogP contribution in [-0.4, -0.2) is 37.2 Å². The summed E-state index contributed by atoms with van der Waals surface area (Å²) in [4.78, 5) is 14.2. The van der Waals surface area contributed by atoms with Gasteiger partial charge in [0.25, 0.3) is 0 Å². The summed E-state index contributed by atoms with van der Waals surface area (Å²) >= 11 is 0. The number of hydrogen-bond donors (Lipinski definition) is 1. The first-order valence-electron chi connectivity index (χ1n) is 6.34. The van der Waals surface area contributed by atoms with Gasteiger partial charge in [0.05, 0.1) is 6.17 Å². The Bertz CT molecular complexity index is 394. The van der Waals surface area contributed by atoms with Gasteiger partial charge in [0, 0.05) is 20.3 Å². The summed E-state index contributed by atoms with van der Waals surface area (Å²) < 4.78 is 5.03. The average molecular weight is 248 g/mol. The third-order valence-corrected chi connectivity index (χ3v) is 3.29. The maximum atomic E-state index is 12.3. The fourth-order valence-electron chi connectivity index (χ4n) is 2.33. The molecule has 0 spiro atoms. The molecule has 1 saturated heterocycles. The van der Waals surface area contributed by atoms with Crippen molar-refractivity contribution in [2.45, 2.75) is 25.6 Å². The molecule has 1 aliphatic heterocycles. The molecule has 0 bridgehead atoms. The minimum Gasteiger partial charge on any atom is -0.385 e. The van der Waals surface area contributed by atoms with E-state index in [0.717, 1.165) is 18.5 Å². The number of methoxy groups -OCH3 is 1. The van der Waals surface area contributed by atoms with Crippen LogP contribution < -0.4 is 5.32 Å². The van der Waals surface area contributed by atoms with E-state index >= 15 is 0 Å². The first kappa shape index (κ1) is 13.1. The number of ether oxygens (including phenoxy) is 1. The van der Waals surface area contributed by atoms with Crippen molar-refractivity contribution in [1.29, 1.82) is 0 Å². The fourth-order valence-corrected chi connectivity index (χ4v) is 2.33. The molecule has 1 N–H and O–H groups in total. The van der Waals surface area contributed by atoms with Crippen molar-refractivity contribution in [2.24, 2.45) is 0 Å². The third-order valence-electron chi connectivity index (χ3n) is 3.29. The van der Waals surface area contributed by atoms with Gasteiger partial charge in [-0.3, -0.25) is 10.1 Å². The molecule has 18 heavy (non-hydrogen) atoms. The molecule has 4 heteroatoms. The molecule has 4 nitrogen and oxygen atoms in total. The van der Waals surface area contributed by atoms with Gasteiger partial charge in [0.1, 0.15) is 6.04 Å². The van der Waals surface area contributed by atoms with Gasteiger partial charge < -0.3 is 9.64 Å². The number of carbonyl (C=O) groups is 1. The summed E-state index contributed by atoms with van der Waals surface area (Å²) in [6.07, 6.45) is 0.954. The minimum absolute atomic E-state index is 0.0829. The summed E-state index contributed by atoms with van der Waals surface area (Å²) in [6, 6.07) is 9.65. The molecule has 98 valence electrons. The van der Waals surface area contributed by atoms with Crippen molar-refractivity contribution in [2.75, 3.05) is 20.3 Å². The van der Waals surface area contributed by atoms with E-state index in [-0.39, 0.29) is 18.1 Å². The van der Waals surface area contributed by atoms with Crippen molar-refractivity contribution in [3.63, 3.8) is 0 Å². The van der Waals surface area contributed by atoms with E-state index < -0.39 is 0 Å². The minimum atomic E-state index is -0.205. The van der Waals surface area contributed by atoms with Gasteiger partial charge in [-0.25, -0.2) is 0 Å². The van der Waals surface area contributed by atoms with Crippen LogP contribution in [0.5, 0.6) is 0 Å². The van der Waals surface area contributed by atoms with Crippen LogP contribution in [0.15, 0.2) is 30.3 Å². The summed E-state index contributed by atoms with van der Waals surface area (Å²) in [6.45, 7) is 3.45. The van der Waals surface area contributed by atoms with Crippen LogP contribution in [0.4, 0.5) is 0 Å². The number of hydrogen-bond acceptors (Lipinski definition) is 3. The first-order valence-corrected chi connectivity index (χ1v) is 6.34. The van der Waals surface area contributed by atoms with Gasteiger partial charge in [0.15, 0.2) is 0 Å². The SMILES string of the molecule is COCCCN1C(=O)C(c2ccccc2)NC1C. The average Bonchev–Trinajstić information content (AvgIpc) is 2.68. The molecule has 0 radical (unpaired) electrons. The molecule has 1 aliphatic rings. The van der Waals surface area contributed by atoms with Crippen LogP contribution >= 0.6 is 0 Å². The summed E-state index contributed by atoms with van der Waals surface area (Å²) in [5.41, 5.74) is 1.03. The van der Waals surface area contributed by atoms with E-state index in [1.807, 2.05) is 42.2 Å². The second-order valence-electron chi connectivity index (χ2n) is 4.56. The lowest BCUT2D eigenvalue weighted by atomic mass is 10.1. The van der Waals surface area contributed by atoms with Crippen molar-refractivity contribution in [3.05, 3.63) is 35.9 Å². The van der Waals surface area contributed by atoms with Gasteiger partial charge in [-0.2, -0.15) is 0 Å². The topological polar surface area (TPSA) is 41.6 Å². The van der Waals surface area contributed by atoms with Gasteiger partial charge in [-0.05, 0) is 18.9 Å². The van der Waals surface area contributed by atoms with Crippen molar-refractivity contribution < 1.29 is 9.53 Å². The number of carbonyl (C=O) groups excluding carboxylic acids is 1. The Morgan fingerprint density at radius 1 is 1.33 bits per heavy atom. The maximum absolute atomic E-state index is 12.3. The van der Waals surface area contributed by atoms with E-state index in [0.29, 0.717) is 6.61 Å². The van der Waals surface area contributed by atoms with E-state index in [4.69, 9.17) is 4.74 Å². The molecular formula is C14H20N2O2. The van der Waals surface area contributed by atoms with E-state index in [9.17, 15) is 4.79 Å². The summed E-state index contributed by atoms with van der Waals surface area (Å²) in [7, 11) is 1.68. The maximum Gasteiger partial charge on any atom is 0.245 e. The van der Waals surface area contributed by atoms with Crippen LogP contribution in [-0.2, 0) is 9.53 Å². The monoisotopic (exact) mass is 248 g/mol. The van der Waals surface area contributed by atoms with Crippen LogP contribution in [0.25, 0.3) is 0 Å². The van der Waals surface area contributed by atoms with Crippen LogP contribution in [0.2, 0.25) is 0 Å². The highest BCUT2D eigenvalue weighted by Crippen LogP contribution is 2.23. The first-order chi connectivity index (χ1) is 8.74. The Hall–Kier alpha value is -1.39. The lowest BCUT2D eigenvalue weighted by Crippen LogP contribution is -2.35. The number of nitrogens with zero attached hydrogens (tertiary/aromatic N) is 1. The van der Waals surface area contributed by atoms with Crippen LogP contribution in [0, 0.1) is 0 Å². The Balaban J connectivity index is 2.02. The molecule has 0 aliphatic carbocycles. The molecule has 1 fully saturated rings. The largest absolute Gasteiger partial charge is 0.385 e. The zero-order chi connectivity index (χ0) is 13.0. The summed E-state index contributed by atoms with van der Waals surface area (Å²) in [5.74, 6) is 0.157. The van der Waals surface area contributed by atoms with E-state index in [2.05, 4.69) is 5.32 Å². The molecule has 1 aromatic rings. The second kappa shape index (κ2) is 5.98. The highest BCUT2D eigenvalue weighted by atomic mass is 16.5. The third kappa shape index (κ3) is 2.71. The molecule has 0 aromatic heterocycles. The fraction of sp³-hybridized carbons (Fsp3) is 0.500. The lowest BCUT2D eigenvalue weighted by Gasteiger charge is -2.20. The molecular weight excluding hydrogens is 228 g/mol. The smallest absolute Gasteiger partial charge is 0.245 e. The van der Waals surface area contributed by atoms with Crippen molar-refractivity contribution in [1.82, 2.24) is 10.2 Å². The molecule has 0 saturated carbocycles. The molecule has 2 atom stereocenters. The number of amides is 1. The molecule has 2 unspecified atom stereocenters. The van der Waals surface area contributed by atoms with Gasteiger partial charge in [-0.15, -0.1) is 0 Å². The van der Waals surface area contributed by atoms with E-state index in [1.54, 1.807) is 7.11 Å². The Morgan fingerprint density at radius 3 is 2.72 bits per heavy atom. The molecule has 1 aromatic carbocycles. The predicted molar refractivity (Wildman–Crippen MR) is 70.0 cm³/mol. The number of rotatable bonds is 5. The highest BCUT2D eigenvalue weighted by molar-refractivity contribution is 5.85. The molecule has 2 rings (SSSR count). The van der Waals surface area contributed by atoms with E-state index in [1.165, 1.54) is 0 Å².